The number of hydrogen-bond donors (Lipinski definition) is 1. The molecular weight excluding hydrogens is 304 g/mol. The predicted octanol–water partition coefficient (Wildman–Crippen LogP) is 3.60. The molecule has 0 radical (unpaired) electrons. The van der Waals surface area contributed by atoms with Crippen LogP contribution in [0.5, 0.6) is 11.5 Å². The minimum Gasteiger partial charge on any atom is -0.507 e. The first-order valence-electron chi connectivity index (χ1n) is 7.69. The second-order valence-corrected chi connectivity index (χ2v) is 5.68. The van der Waals surface area contributed by atoms with E-state index in [1.54, 1.807) is 23.0 Å². The molecule has 0 saturated heterocycles. The molecule has 0 spiro atoms. The number of carbonyl (C=O) groups excluding carboxylic acids is 1. The molecule has 5 heteroatoms. The van der Waals surface area contributed by atoms with Gasteiger partial charge in [-0.15, -0.1) is 0 Å². The Bertz CT molecular complexity index is 854. The van der Waals surface area contributed by atoms with Crippen molar-refractivity contribution < 1.29 is 14.6 Å². The highest BCUT2D eigenvalue weighted by Gasteiger charge is 2.17. The van der Waals surface area contributed by atoms with Gasteiger partial charge in [-0.05, 0) is 44.2 Å². The normalized spacial score (nSPS) is 10.8. The Labute approximate surface area is 140 Å². The first-order chi connectivity index (χ1) is 11.5. The van der Waals surface area contributed by atoms with E-state index in [1.807, 2.05) is 44.2 Å². The summed E-state index contributed by atoms with van der Waals surface area (Å²) >= 11 is 0. The van der Waals surface area contributed by atoms with Crippen LogP contribution in [0.3, 0.4) is 0 Å². The minimum atomic E-state index is -0.302. The third kappa shape index (κ3) is 3.30. The van der Waals surface area contributed by atoms with E-state index in [0.717, 1.165) is 5.69 Å². The third-order valence-corrected chi connectivity index (χ3v) is 3.45. The number of carbonyl (C=O) groups is 1. The molecule has 0 amide bonds. The van der Waals surface area contributed by atoms with E-state index < -0.39 is 0 Å². The second-order valence-electron chi connectivity index (χ2n) is 5.68. The molecule has 3 aromatic rings. The lowest BCUT2D eigenvalue weighted by Crippen LogP contribution is -2.07. The summed E-state index contributed by atoms with van der Waals surface area (Å²) in [6, 6.07) is 14.2. The fraction of sp³-hybridized carbons (Fsp3) is 0.158. The zero-order valence-corrected chi connectivity index (χ0v) is 13.5. The summed E-state index contributed by atoms with van der Waals surface area (Å²) in [4.78, 5) is 12.7. The number of phenols is 1. The van der Waals surface area contributed by atoms with E-state index >= 15 is 0 Å². The topological polar surface area (TPSA) is 64.3 Å². The van der Waals surface area contributed by atoms with Gasteiger partial charge in [-0.2, -0.15) is 5.10 Å². The molecule has 0 aliphatic rings. The molecule has 1 N–H and O–H groups in total. The van der Waals surface area contributed by atoms with Crippen LogP contribution < -0.4 is 4.74 Å². The van der Waals surface area contributed by atoms with Crippen LogP contribution in [0.1, 0.15) is 29.8 Å². The number of benzene rings is 2. The molecule has 24 heavy (non-hydrogen) atoms. The van der Waals surface area contributed by atoms with Crippen LogP contribution in [0.2, 0.25) is 0 Å². The highest BCUT2D eigenvalue weighted by Crippen LogP contribution is 2.26. The second kappa shape index (κ2) is 6.58. The summed E-state index contributed by atoms with van der Waals surface area (Å²) in [6.45, 7) is 3.80. The average Bonchev–Trinajstić information content (AvgIpc) is 3.06. The lowest BCUT2D eigenvalue weighted by Gasteiger charge is -2.11. The lowest BCUT2D eigenvalue weighted by atomic mass is 10.1. The zero-order valence-electron chi connectivity index (χ0n) is 13.5. The first-order valence-corrected chi connectivity index (χ1v) is 7.69. The van der Waals surface area contributed by atoms with Gasteiger partial charge >= 0.3 is 0 Å². The molecule has 0 fully saturated rings. The largest absolute Gasteiger partial charge is 0.507 e. The van der Waals surface area contributed by atoms with Crippen LogP contribution in [-0.2, 0) is 0 Å². The van der Waals surface area contributed by atoms with E-state index in [1.165, 1.54) is 12.3 Å². The van der Waals surface area contributed by atoms with Crippen LogP contribution in [0.15, 0.2) is 60.9 Å². The number of ether oxygens (including phenoxy) is 1. The van der Waals surface area contributed by atoms with Crippen molar-refractivity contribution in [1.82, 2.24) is 9.78 Å². The van der Waals surface area contributed by atoms with Gasteiger partial charge < -0.3 is 9.84 Å². The van der Waals surface area contributed by atoms with Crippen molar-refractivity contribution >= 4 is 5.78 Å². The Kier molecular flexibility index (Phi) is 4.33. The lowest BCUT2D eigenvalue weighted by molar-refractivity contribution is 0.103. The quantitative estimate of drug-likeness (QED) is 0.729. The summed E-state index contributed by atoms with van der Waals surface area (Å²) in [5.41, 5.74) is 1.45. The van der Waals surface area contributed by atoms with Gasteiger partial charge in [0.15, 0.2) is 5.78 Å². The minimum absolute atomic E-state index is 0.0154. The maximum Gasteiger partial charge on any atom is 0.200 e. The number of hydrogen-bond acceptors (Lipinski definition) is 4. The van der Waals surface area contributed by atoms with Crippen molar-refractivity contribution in [3.05, 3.63) is 72.1 Å². The molecule has 0 atom stereocenters. The number of nitrogens with zero attached hydrogens (tertiary/aromatic N) is 2. The van der Waals surface area contributed by atoms with Crippen LogP contribution >= 0.6 is 0 Å². The summed E-state index contributed by atoms with van der Waals surface area (Å²) in [5.74, 6) is 0.161. The molecule has 1 aromatic heterocycles. The number of phenolic OH excluding ortho intramolecular Hbond substituents is 1. The van der Waals surface area contributed by atoms with Gasteiger partial charge in [0, 0.05) is 6.20 Å². The number of rotatable bonds is 5. The molecule has 0 aliphatic carbocycles. The number of ketones is 1. The van der Waals surface area contributed by atoms with E-state index in [9.17, 15) is 9.90 Å². The first kappa shape index (κ1) is 15.8. The summed E-state index contributed by atoms with van der Waals surface area (Å²) in [5, 5.41) is 14.2. The Balaban J connectivity index is 1.91. The Morgan fingerprint density at radius 2 is 1.92 bits per heavy atom. The van der Waals surface area contributed by atoms with Gasteiger partial charge in [-0.25, -0.2) is 4.68 Å². The van der Waals surface area contributed by atoms with Crippen molar-refractivity contribution in [3.63, 3.8) is 0 Å². The molecule has 5 nitrogen and oxygen atoms in total. The summed E-state index contributed by atoms with van der Waals surface area (Å²) < 4.78 is 7.21. The van der Waals surface area contributed by atoms with Crippen molar-refractivity contribution in [2.24, 2.45) is 0 Å². The van der Waals surface area contributed by atoms with Crippen LogP contribution in [0.25, 0.3) is 5.69 Å². The zero-order chi connectivity index (χ0) is 17.1. The molecule has 0 unspecified atom stereocenters. The molecule has 3 rings (SSSR count). The standard InChI is InChI=1S/C19H18N2O3/c1-13(2)24-16-8-9-18(22)17(10-16)19(23)14-11-20-21(12-14)15-6-4-3-5-7-15/h3-13,22H,1-2H3. The summed E-state index contributed by atoms with van der Waals surface area (Å²) in [7, 11) is 0. The predicted molar refractivity (Wildman–Crippen MR) is 90.9 cm³/mol. The fourth-order valence-electron chi connectivity index (χ4n) is 2.36. The highest BCUT2D eigenvalue weighted by atomic mass is 16.5. The molecule has 0 bridgehead atoms. The van der Waals surface area contributed by atoms with Gasteiger partial charge in [0.05, 0.1) is 29.1 Å². The van der Waals surface area contributed by atoms with E-state index in [0.29, 0.717) is 11.3 Å². The Hall–Kier alpha value is -3.08. The third-order valence-electron chi connectivity index (χ3n) is 3.45. The van der Waals surface area contributed by atoms with E-state index in [4.69, 9.17) is 4.74 Å². The number of aromatic hydroxyl groups is 1. The molecule has 0 saturated carbocycles. The Morgan fingerprint density at radius 3 is 2.62 bits per heavy atom. The van der Waals surface area contributed by atoms with Crippen LogP contribution in [0.4, 0.5) is 0 Å². The smallest absolute Gasteiger partial charge is 0.200 e. The van der Waals surface area contributed by atoms with Gasteiger partial charge in [-0.1, -0.05) is 18.2 Å². The molecular formula is C19H18N2O3. The van der Waals surface area contributed by atoms with Gasteiger partial charge in [-0.3, -0.25) is 4.79 Å². The Morgan fingerprint density at radius 1 is 1.17 bits per heavy atom. The summed E-state index contributed by atoms with van der Waals surface area (Å²) in [6.07, 6.45) is 3.12. The van der Waals surface area contributed by atoms with Gasteiger partial charge in [0.2, 0.25) is 0 Å². The number of para-hydroxylation sites is 1. The number of aromatic nitrogens is 2. The van der Waals surface area contributed by atoms with Gasteiger partial charge in [0.25, 0.3) is 0 Å². The average molecular weight is 322 g/mol. The van der Waals surface area contributed by atoms with Crippen LogP contribution in [0, 0.1) is 0 Å². The molecule has 1 heterocycles. The highest BCUT2D eigenvalue weighted by molar-refractivity contribution is 6.10. The van der Waals surface area contributed by atoms with Gasteiger partial charge in [0.1, 0.15) is 11.5 Å². The van der Waals surface area contributed by atoms with Crippen molar-refractivity contribution in [2.75, 3.05) is 0 Å². The van der Waals surface area contributed by atoms with Crippen LogP contribution in [-0.4, -0.2) is 26.8 Å². The van der Waals surface area contributed by atoms with E-state index in [2.05, 4.69) is 5.10 Å². The maximum absolute atomic E-state index is 12.7. The monoisotopic (exact) mass is 322 g/mol. The van der Waals surface area contributed by atoms with E-state index in [-0.39, 0.29) is 23.2 Å². The van der Waals surface area contributed by atoms with Crippen molar-refractivity contribution in [2.45, 2.75) is 20.0 Å². The van der Waals surface area contributed by atoms with Crippen molar-refractivity contribution in [3.8, 4) is 17.2 Å². The SMILES string of the molecule is CC(C)Oc1ccc(O)c(C(=O)c2cnn(-c3ccccc3)c2)c1. The molecule has 122 valence electrons. The van der Waals surface area contributed by atoms with Crippen molar-refractivity contribution in [1.29, 1.82) is 0 Å². The fourth-order valence-corrected chi connectivity index (χ4v) is 2.36. The molecule has 0 aliphatic heterocycles. The molecule has 2 aromatic carbocycles. The maximum atomic E-state index is 12.7.